The number of nitrogens with zero attached hydrogens (tertiary/aromatic N) is 1. The maximum atomic E-state index is 11.3. The van der Waals surface area contributed by atoms with E-state index < -0.39 is 9.84 Å². The van der Waals surface area contributed by atoms with Gasteiger partial charge in [-0.25, -0.2) is 13.4 Å². The highest BCUT2D eigenvalue weighted by molar-refractivity contribution is 7.89. The predicted octanol–water partition coefficient (Wildman–Crippen LogP) is 2.08. The maximum Gasteiger partial charge on any atom is 0.191 e. The number of nitrogens with one attached hydrogen (secondary N) is 2. The van der Waals surface area contributed by atoms with Crippen LogP contribution in [0.2, 0.25) is 0 Å². The minimum absolute atomic E-state index is 0.0552. The summed E-state index contributed by atoms with van der Waals surface area (Å²) in [7, 11) is -2.99. The van der Waals surface area contributed by atoms with Gasteiger partial charge in [0, 0.05) is 18.3 Å². The Morgan fingerprint density at radius 2 is 1.68 bits per heavy atom. The van der Waals surface area contributed by atoms with Gasteiger partial charge >= 0.3 is 0 Å². The Morgan fingerprint density at radius 3 is 2.14 bits per heavy atom. The number of hydrogen-bond acceptors (Lipinski definition) is 3. The van der Waals surface area contributed by atoms with E-state index in [9.17, 15) is 8.42 Å². The van der Waals surface area contributed by atoms with Gasteiger partial charge < -0.3 is 10.6 Å². The first kappa shape index (κ1) is 18.5. The van der Waals surface area contributed by atoms with Crippen molar-refractivity contribution in [3.05, 3.63) is 35.4 Å². The largest absolute Gasteiger partial charge is 0.357 e. The molecule has 0 saturated heterocycles. The molecule has 2 N–H and O–H groups in total. The molecule has 0 bridgehead atoms. The van der Waals surface area contributed by atoms with Crippen LogP contribution in [0.3, 0.4) is 0 Å². The molecule has 0 atom stereocenters. The fourth-order valence-electron chi connectivity index (χ4n) is 1.88. The lowest BCUT2D eigenvalue weighted by Gasteiger charge is -2.23. The van der Waals surface area contributed by atoms with Gasteiger partial charge in [-0.1, -0.05) is 24.3 Å². The summed E-state index contributed by atoms with van der Waals surface area (Å²) in [5, 5.41) is 6.54. The second kappa shape index (κ2) is 7.63. The highest BCUT2D eigenvalue weighted by atomic mass is 32.2. The minimum Gasteiger partial charge on any atom is -0.357 e. The van der Waals surface area contributed by atoms with E-state index in [2.05, 4.69) is 36.4 Å². The summed E-state index contributed by atoms with van der Waals surface area (Å²) >= 11 is 0. The van der Waals surface area contributed by atoms with Crippen molar-refractivity contribution < 1.29 is 8.42 Å². The van der Waals surface area contributed by atoms with E-state index in [4.69, 9.17) is 0 Å². The molecule has 0 aliphatic rings. The summed E-state index contributed by atoms with van der Waals surface area (Å²) in [5.41, 5.74) is 1.79. The number of rotatable bonds is 5. The second-order valence-electron chi connectivity index (χ2n) is 6.46. The fourth-order valence-corrected chi connectivity index (χ4v) is 2.67. The van der Waals surface area contributed by atoms with Crippen LogP contribution in [-0.2, 0) is 22.1 Å². The van der Waals surface area contributed by atoms with E-state index in [1.165, 1.54) is 6.26 Å². The summed E-state index contributed by atoms with van der Waals surface area (Å²) in [6.45, 7) is 9.62. The second-order valence-corrected chi connectivity index (χ2v) is 8.60. The van der Waals surface area contributed by atoms with Crippen molar-refractivity contribution in [3.63, 3.8) is 0 Å². The van der Waals surface area contributed by atoms with Gasteiger partial charge in [-0.05, 0) is 38.8 Å². The lowest BCUT2D eigenvalue weighted by atomic mass is 10.1. The van der Waals surface area contributed by atoms with Gasteiger partial charge in [-0.2, -0.15) is 0 Å². The molecular formula is C16H27N3O2S. The van der Waals surface area contributed by atoms with Gasteiger partial charge in [-0.3, -0.25) is 0 Å². The molecule has 0 heterocycles. The van der Waals surface area contributed by atoms with Gasteiger partial charge in [0.15, 0.2) is 15.8 Å². The van der Waals surface area contributed by atoms with Crippen molar-refractivity contribution in [1.29, 1.82) is 0 Å². The van der Waals surface area contributed by atoms with Gasteiger partial charge in [0.1, 0.15) is 0 Å². The molecule has 1 rings (SSSR count). The highest BCUT2D eigenvalue weighted by Gasteiger charge is 2.11. The smallest absolute Gasteiger partial charge is 0.191 e. The average Bonchev–Trinajstić information content (AvgIpc) is 2.34. The Kier molecular flexibility index (Phi) is 6.41. The minimum atomic E-state index is -2.99. The van der Waals surface area contributed by atoms with Crippen LogP contribution in [0, 0.1) is 0 Å². The van der Waals surface area contributed by atoms with Crippen molar-refractivity contribution in [1.82, 2.24) is 10.6 Å². The molecule has 1 aromatic rings. The van der Waals surface area contributed by atoms with Crippen LogP contribution in [-0.4, -0.2) is 32.7 Å². The molecule has 0 spiro atoms. The molecular weight excluding hydrogens is 298 g/mol. The summed E-state index contributed by atoms with van der Waals surface area (Å²) in [6, 6.07) is 7.53. The van der Waals surface area contributed by atoms with Gasteiger partial charge in [0.25, 0.3) is 0 Å². The quantitative estimate of drug-likeness (QED) is 0.642. The van der Waals surface area contributed by atoms with E-state index in [-0.39, 0.29) is 11.3 Å². The van der Waals surface area contributed by atoms with E-state index in [0.29, 0.717) is 6.54 Å². The molecule has 1 aromatic carbocycles. The van der Waals surface area contributed by atoms with Crippen LogP contribution in [0.25, 0.3) is 0 Å². The summed E-state index contributed by atoms with van der Waals surface area (Å²) < 4.78 is 22.5. The molecule has 6 heteroatoms. The van der Waals surface area contributed by atoms with E-state index in [0.717, 1.165) is 23.6 Å². The highest BCUT2D eigenvalue weighted by Crippen LogP contribution is 2.09. The van der Waals surface area contributed by atoms with Crippen molar-refractivity contribution >= 4 is 15.8 Å². The Bertz CT molecular complexity index is 599. The average molecular weight is 325 g/mol. The summed E-state index contributed by atoms with van der Waals surface area (Å²) in [6.07, 6.45) is 1.24. The maximum absolute atomic E-state index is 11.3. The van der Waals surface area contributed by atoms with Gasteiger partial charge in [0.05, 0.1) is 12.3 Å². The molecule has 0 amide bonds. The Morgan fingerprint density at radius 1 is 1.14 bits per heavy atom. The molecule has 0 fully saturated rings. The van der Waals surface area contributed by atoms with E-state index >= 15 is 0 Å². The summed E-state index contributed by atoms with van der Waals surface area (Å²) in [5.74, 6) is 0.848. The lowest BCUT2D eigenvalue weighted by molar-refractivity contribution is 0.501. The van der Waals surface area contributed by atoms with E-state index in [1.54, 1.807) is 0 Å². The number of sulfone groups is 1. The fraction of sp³-hybridized carbons (Fsp3) is 0.562. The SMILES string of the molecule is CCNC(=NCc1ccc(CS(C)(=O)=O)cc1)NC(C)(C)C. The molecule has 5 nitrogen and oxygen atoms in total. The third-order valence-electron chi connectivity index (χ3n) is 2.71. The number of benzene rings is 1. The molecule has 0 aromatic heterocycles. The zero-order valence-electron chi connectivity index (χ0n) is 14.1. The summed E-state index contributed by atoms with van der Waals surface area (Å²) in [4.78, 5) is 4.55. The molecule has 0 aliphatic carbocycles. The van der Waals surface area contributed by atoms with E-state index in [1.807, 2.05) is 31.2 Å². The molecule has 0 radical (unpaired) electrons. The van der Waals surface area contributed by atoms with Crippen LogP contribution in [0.1, 0.15) is 38.8 Å². The Labute approximate surface area is 134 Å². The molecule has 22 heavy (non-hydrogen) atoms. The Hall–Kier alpha value is -1.56. The predicted molar refractivity (Wildman–Crippen MR) is 92.7 cm³/mol. The van der Waals surface area contributed by atoms with Crippen LogP contribution in [0.4, 0.5) is 0 Å². The number of aliphatic imine (C=N–C) groups is 1. The molecule has 0 aliphatic heterocycles. The van der Waals surface area contributed by atoms with Crippen molar-refractivity contribution in [3.8, 4) is 0 Å². The first-order valence-corrected chi connectivity index (χ1v) is 9.47. The van der Waals surface area contributed by atoms with Crippen molar-refractivity contribution in [2.75, 3.05) is 12.8 Å². The van der Waals surface area contributed by atoms with Gasteiger partial charge in [-0.15, -0.1) is 0 Å². The monoisotopic (exact) mass is 325 g/mol. The van der Waals surface area contributed by atoms with Crippen LogP contribution in [0.15, 0.2) is 29.3 Å². The first-order chi connectivity index (χ1) is 10.1. The number of guanidine groups is 1. The lowest BCUT2D eigenvalue weighted by Crippen LogP contribution is -2.47. The molecule has 0 unspecified atom stereocenters. The van der Waals surface area contributed by atoms with Crippen LogP contribution < -0.4 is 10.6 Å². The van der Waals surface area contributed by atoms with Crippen LogP contribution >= 0.6 is 0 Å². The van der Waals surface area contributed by atoms with Gasteiger partial charge in [0.2, 0.25) is 0 Å². The Balaban J connectivity index is 2.74. The first-order valence-electron chi connectivity index (χ1n) is 7.41. The topological polar surface area (TPSA) is 70.6 Å². The molecule has 124 valence electrons. The zero-order valence-corrected chi connectivity index (χ0v) is 14.9. The third kappa shape index (κ3) is 8.02. The van der Waals surface area contributed by atoms with Crippen LogP contribution in [0.5, 0.6) is 0 Å². The molecule has 0 saturated carbocycles. The number of hydrogen-bond donors (Lipinski definition) is 2. The van der Waals surface area contributed by atoms with Crippen molar-refractivity contribution in [2.24, 2.45) is 4.99 Å². The third-order valence-corrected chi connectivity index (χ3v) is 3.57. The standard InChI is InChI=1S/C16H27N3O2S/c1-6-17-15(19-16(2,3)4)18-11-13-7-9-14(10-8-13)12-22(5,20)21/h7-10H,6,11-12H2,1-5H3,(H2,17,18,19). The normalized spacial score (nSPS) is 13.0. The van der Waals surface area contributed by atoms with Crippen molar-refractivity contribution in [2.45, 2.75) is 45.5 Å². The zero-order chi connectivity index (χ0) is 16.8.